The van der Waals surface area contributed by atoms with Crippen LogP contribution in [0, 0.1) is 0 Å². The average Bonchev–Trinajstić information content (AvgIpc) is 2.72. The standard InChI is InChI=1S/C21H23N3O5/c1-12-18(20(25)23-14-7-5-6-8-15(14)27-2)19(24-21(26)22-12)13-9-10-16(28-3)17(11-13)29-4/h5-11,19H,1-4H3,(H,23,25)(H2,22,24,26). The summed E-state index contributed by atoms with van der Waals surface area (Å²) in [4.78, 5) is 25.2. The Bertz CT molecular complexity index is 971. The SMILES string of the molecule is COc1ccccc1NC(=O)C1=C(C)NC(=O)NC1c1ccc(OC)c(OC)c1. The largest absolute Gasteiger partial charge is 0.495 e. The molecular formula is C21H23N3O5. The maximum absolute atomic E-state index is 13.1. The molecule has 0 spiro atoms. The molecule has 1 unspecified atom stereocenters. The lowest BCUT2D eigenvalue weighted by molar-refractivity contribution is -0.113. The molecule has 0 aliphatic carbocycles. The van der Waals surface area contributed by atoms with E-state index >= 15 is 0 Å². The molecule has 3 amide bonds. The van der Waals surface area contributed by atoms with Crippen LogP contribution in [0.4, 0.5) is 10.5 Å². The van der Waals surface area contributed by atoms with E-state index in [1.807, 2.05) is 6.07 Å². The zero-order chi connectivity index (χ0) is 21.0. The first kappa shape index (κ1) is 20.1. The highest BCUT2D eigenvalue weighted by Gasteiger charge is 2.32. The van der Waals surface area contributed by atoms with Crippen LogP contribution in [-0.4, -0.2) is 33.3 Å². The van der Waals surface area contributed by atoms with Crippen molar-refractivity contribution in [2.45, 2.75) is 13.0 Å². The number of allylic oxidation sites excluding steroid dienone is 1. The number of carbonyl (C=O) groups is 2. The summed E-state index contributed by atoms with van der Waals surface area (Å²) in [7, 11) is 4.60. The van der Waals surface area contributed by atoms with Crippen LogP contribution >= 0.6 is 0 Å². The van der Waals surface area contributed by atoms with Gasteiger partial charge in [0, 0.05) is 5.70 Å². The summed E-state index contributed by atoms with van der Waals surface area (Å²) in [5, 5.41) is 8.32. The monoisotopic (exact) mass is 397 g/mol. The third-order valence-corrected chi connectivity index (χ3v) is 4.61. The van der Waals surface area contributed by atoms with E-state index in [9.17, 15) is 9.59 Å². The summed E-state index contributed by atoms with van der Waals surface area (Å²) in [5.74, 6) is 1.23. The Hall–Kier alpha value is -3.68. The minimum atomic E-state index is -0.668. The Morgan fingerprint density at radius 2 is 1.66 bits per heavy atom. The van der Waals surface area contributed by atoms with Gasteiger partial charge in [0.1, 0.15) is 5.75 Å². The zero-order valence-electron chi connectivity index (χ0n) is 16.7. The van der Waals surface area contributed by atoms with Crippen LogP contribution in [0.2, 0.25) is 0 Å². The molecule has 3 N–H and O–H groups in total. The van der Waals surface area contributed by atoms with Crippen molar-refractivity contribution in [3.8, 4) is 17.2 Å². The van der Waals surface area contributed by atoms with Gasteiger partial charge in [-0.05, 0) is 36.8 Å². The Morgan fingerprint density at radius 1 is 0.966 bits per heavy atom. The summed E-state index contributed by atoms with van der Waals surface area (Å²) in [6.07, 6.45) is 0. The molecule has 2 aromatic carbocycles. The highest BCUT2D eigenvalue weighted by molar-refractivity contribution is 6.07. The zero-order valence-corrected chi connectivity index (χ0v) is 16.7. The Balaban J connectivity index is 1.99. The first-order valence-corrected chi connectivity index (χ1v) is 8.93. The molecule has 8 nitrogen and oxygen atoms in total. The van der Waals surface area contributed by atoms with Crippen molar-refractivity contribution in [2.24, 2.45) is 0 Å². The summed E-state index contributed by atoms with van der Waals surface area (Å²) in [6.45, 7) is 1.68. The van der Waals surface area contributed by atoms with Crippen molar-refractivity contribution >= 4 is 17.6 Å². The lowest BCUT2D eigenvalue weighted by Crippen LogP contribution is -2.46. The van der Waals surface area contributed by atoms with Gasteiger partial charge < -0.3 is 30.2 Å². The van der Waals surface area contributed by atoms with E-state index in [-0.39, 0.29) is 5.91 Å². The summed E-state index contributed by atoms with van der Waals surface area (Å²) >= 11 is 0. The minimum absolute atomic E-state index is 0.362. The molecule has 1 heterocycles. The molecule has 2 aromatic rings. The predicted octanol–water partition coefficient (Wildman–Crippen LogP) is 2.98. The second kappa shape index (κ2) is 8.55. The van der Waals surface area contributed by atoms with Crippen LogP contribution < -0.4 is 30.2 Å². The van der Waals surface area contributed by atoms with Gasteiger partial charge in [-0.15, -0.1) is 0 Å². The molecule has 152 valence electrons. The molecule has 0 saturated heterocycles. The Labute approximate surface area is 168 Å². The maximum Gasteiger partial charge on any atom is 0.319 e. The van der Waals surface area contributed by atoms with Crippen molar-refractivity contribution in [1.82, 2.24) is 10.6 Å². The molecule has 1 aliphatic rings. The van der Waals surface area contributed by atoms with Crippen molar-refractivity contribution in [1.29, 1.82) is 0 Å². The number of para-hydroxylation sites is 2. The van der Waals surface area contributed by atoms with Crippen LogP contribution in [0.1, 0.15) is 18.5 Å². The van der Waals surface area contributed by atoms with Crippen LogP contribution in [-0.2, 0) is 4.79 Å². The number of anilines is 1. The molecule has 0 bridgehead atoms. The van der Waals surface area contributed by atoms with Gasteiger partial charge in [0.25, 0.3) is 5.91 Å². The van der Waals surface area contributed by atoms with Gasteiger partial charge in [-0.1, -0.05) is 18.2 Å². The number of nitrogens with one attached hydrogen (secondary N) is 3. The minimum Gasteiger partial charge on any atom is -0.495 e. The number of hydrogen-bond donors (Lipinski definition) is 3. The molecule has 3 rings (SSSR count). The fraction of sp³-hybridized carbons (Fsp3) is 0.238. The fourth-order valence-corrected chi connectivity index (χ4v) is 3.21. The Kier molecular flexibility index (Phi) is 5.92. The fourth-order valence-electron chi connectivity index (χ4n) is 3.21. The smallest absolute Gasteiger partial charge is 0.319 e. The lowest BCUT2D eigenvalue weighted by atomic mass is 9.94. The number of carbonyl (C=O) groups excluding carboxylic acids is 2. The second-order valence-corrected chi connectivity index (χ2v) is 6.34. The number of urea groups is 1. The van der Waals surface area contributed by atoms with Gasteiger partial charge in [-0.3, -0.25) is 4.79 Å². The van der Waals surface area contributed by atoms with Gasteiger partial charge in [-0.25, -0.2) is 4.79 Å². The van der Waals surface area contributed by atoms with E-state index in [2.05, 4.69) is 16.0 Å². The first-order valence-electron chi connectivity index (χ1n) is 8.93. The lowest BCUT2D eigenvalue weighted by Gasteiger charge is -2.29. The predicted molar refractivity (Wildman–Crippen MR) is 108 cm³/mol. The maximum atomic E-state index is 13.1. The third-order valence-electron chi connectivity index (χ3n) is 4.61. The van der Waals surface area contributed by atoms with E-state index in [0.717, 1.165) is 0 Å². The molecule has 0 radical (unpaired) electrons. The second-order valence-electron chi connectivity index (χ2n) is 6.34. The van der Waals surface area contributed by atoms with E-state index in [0.29, 0.717) is 39.8 Å². The topological polar surface area (TPSA) is 97.9 Å². The van der Waals surface area contributed by atoms with E-state index in [1.54, 1.807) is 50.4 Å². The quantitative estimate of drug-likeness (QED) is 0.696. The summed E-state index contributed by atoms with van der Waals surface area (Å²) in [6, 6.07) is 11.3. The van der Waals surface area contributed by atoms with Gasteiger partial charge in [-0.2, -0.15) is 0 Å². The number of methoxy groups -OCH3 is 3. The molecule has 0 aromatic heterocycles. The van der Waals surface area contributed by atoms with Crippen LogP contribution in [0.15, 0.2) is 53.7 Å². The van der Waals surface area contributed by atoms with Gasteiger partial charge in [0.05, 0.1) is 38.6 Å². The molecule has 0 fully saturated rings. The van der Waals surface area contributed by atoms with Gasteiger partial charge in [0.2, 0.25) is 0 Å². The molecule has 29 heavy (non-hydrogen) atoms. The van der Waals surface area contributed by atoms with E-state index in [1.165, 1.54) is 14.2 Å². The summed E-state index contributed by atoms with van der Waals surface area (Å²) in [5.41, 5.74) is 2.05. The first-order chi connectivity index (χ1) is 14.0. The molecule has 1 atom stereocenters. The van der Waals surface area contributed by atoms with Gasteiger partial charge >= 0.3 is 6.03 Å². The van der Waals surface area contributed by atoms with Crippen LogP contribution in [0.5, 0.6) is 17.2 Å². The van der Waals surface area contributed by atoms with E-state index in [4.69, 9.17) is 14.2 Å². The van der Waals surface area contributed by atoms with Crippen molar-refractivity contribution in [3.63, 3.8) is 0 Å². The number of benzene rings is 2. The molecule has 0 saturated carbocycles. The average molecular weight is 397 g/mol. The van der Waals surface area contributed by atoms with Crippen molar-refractivity contribution < 1.29 is 23.8 Å². The third kappa shape index (κ3) is 4.11. The van der Waals surface area contributed by atoms with Crippen molar-refractivity contribution in [3.05, 3.63) is 59.3 Å². The normalized spacial score (nSPS) is 15.9. The van der Waals surface area contributed by atoms with E-state index < -0.39 is 12.1 Å². The molecule has 1 aliphatic heterocycles. The van der Waals surface area contributed by atoms with Crippen molar-refractivity contribution in [2.75, 3.05) is 26.6 Å². The highest BCUT2D eigenvalue weighted by Crippen LogP contribution is 2.35. The molecule has 8 heteroatoms. The van der Waals surface area contributed by atoms with Crippen LogP contribution in [0.25, 0.3) is 0 Å². The number of ether oxygens (including phenoxy) is 3. The number of rotatable bonds is 6. The van der Waals surface area contributed by atoms with Crippen LogP contribution in [0.3, 0.4) is 0 Å². The number of amides is 3. The highest BCUT2D eigenvalue weighted by atomic mass is 16.5. The Morgan fingerprint density at radius 3 is 2.34 bits per heavy atom. The summed E-state index contributed by atoms with van der Waals surface area (Å²) < 4.78 is 15.9. The molecular weight excluding hydrogens is 374 g/mol. The number of hydrogen-bond acceptors (Lipinski definition) is 5. The van der Waals surface area contributed by atoms with Gasteiger partial charge in [0.15, 0.2) is 11.5 Å².